The van der Waals surface area contributed by atoms with Gasteiger partial charge in [0.2, 0.25) is 0 Å². The van der Waals surface area contributed by atoms with Crippen LogP contribution in [-0.2, 0) is 12.7 Å². The molecule has 4 aromatic rings. The lowest BCUT2D eigenvalue weighted by Gasteiger charge is -2.15. The molecule has 0 fully saturated rings. The van der Waals surface area contributed by atoms with E-state index in [0.29, 0.717) is 10.4 Å². The molecule has 2 amide bonds. The number of nitrogens with zero attached hydrogens (tertiary/aromatic N) is 8. The lowest BCUT2D eigenvalue weighted by atomic mass is 10.0. The highest BCUT2D eigenvalue weighted by molar-refractivity contribution is 6.32. The number of para-hydroxylation sites is 1. The average Bonchev–Trinajstić information content (AvgIpc) is 3.56. The normalized spacial score (nSPS) is 11.0. The van der Waals surface area contributed by atoms with Crippen LogP contribution in [0.15, 0.2) is 42.5 Å². The maximum absolute atomic E-state index is 13.6. The molecule has 2 heterocycles. The maximum Gasteiger partial charge on any atom is 0.455 e. The number of tetrazole rings is 1. The van der Waals surface area contributed by atoms with E-state index in [-0.39, 0.29) is 52.0 Å². The van der Waals surface area contributed by atoms with Crippen LogP contribution in [0.2, 0.25) is 5.02 Å². The van der Waals surface area contributed by atoms with Gasteiger partial charge in [0, 0.05) is 0 Å². The number of amides is 2. The number of aryl methyl sites for hydroxylation is 1. The number of alkyl halides is 3. The topological polar surface area (TPSA) is 167 Å². The summed E-state index contributed by atoms with van der Waals surface area (Å²) < 4.78 is 39.9. The van der Waals surface area contributed by atoms with Gasteiger partial charge in [-0.05, 0) is 48.0 Å². The second-order valence-electron chi connectivity index (χ2n) is 8.15. The van der Waals surface area contributed by atoms with Crippen LogP contribution < -0.4 is 10.6 Å². The van der Waals surface area contributed by atoms with Crippen LogP contribution in [-0.4, -0.2) is 48.3 Å². The molecule has 4 rings (SSSR count). The summed E-state index contributed by atoms with van der Waals surface area (Å²) in [5.41, 5.74) is 0.832. The van der Waals surface area contributed by atoms with Crippen LogP contribution in [0.25, 0.3) is 5.69 Å². The Kier molecular flexibility index (Phi) is 7.78. The molecule has 202 valence electrons. The van der Waals surface area contributed by atoms with Crippen molar-refractivity contribution in [3.05, 3.63) is 81.4 Å². The van der Waals surface area contributed by atoms with Crippen molar-refractivity contribution in [2.24, 2.45) is 0 Å². The molecule has 40 heavy (non-hydrogen) atoms. The molecular formula is C24H16ClF3N10O2. The van der Waals surface area contributed by atoms with Gasteiger partial charge in [-0.1, -0.05) is 23.7 Å². The number of hydrogen-bond acceptors (Lipinski definition) is 8. The molecule has 0 saturated heterocycles. The fourth-order valence-corrected chi connectivity index (χ4v) is 3.85. The Hall–Kier alpha value is -5.28. The number of anilines is 1. The van der Waals surface area contributed by atoms with E-state index in [1.165, 1.54) is 22.9 Å². The van der Waals surface area contributed by atoms with E-state index in [1.54, 1.807) is 37.3 Å². The first-order valence-electron chi connectivity index (χ1n) is 11.2. The number of benzene rings is 2. The summed E-state index contributed by atoms with van der Waals surface area (Å²) in [6.45, 7) is 0.901. The van der Waals surface area contributed by atoms with Crippen LogP contribution in [0.1, 0.15) is 43.5 Å². The molecule has 2 aromatic carbocycles. The van der Waals surface area contributed by atoms with Crippen molar-refractivity contribution in [2.75, 3.05) is 11.9 Å². The van der Waals surface area contributed by atoms with Gasteiger partial charge in [0.25, 0.3) is 17.6 Å². The molecule has 0 unspecified atom stereocenters. The molecule has 2 N–H and O–H groups in total. The Balaban J connectivity index is 1.75. The number of nitriles is 2. The summed E-state index contributed by atoms with van der Waals surface area (Å²) in [7, 11) is 0. The molecule has 0 atom stereocenters. The molecule has 0 saturated carbocycles. The summed E-state index contributed by atoms with van der Waals surface area (Å²) in [5, 5.41) is 37.4. The molecule has 2 aromatic heterocycles. The Labute approximate surface area is 228 Å². The number of aromatic nitrogens is 6. The Morgan fingerprint density at radius 2 is 1.85 bits per heavy atom. The summed E-state index contributed by atoms with van der Waals surface area (Å²) in [4.78, 5) is 26.9. The van der Waals surface area contributed by atoms with Crippen LogP contribution in [0.3, 0.4) is 0 Å². The van der Waals surface area contributed by atoms with E-state index in [1.807, 2.05) is 6.07 Å². The molecule has 0 aliphatic carbocycles. The van der Waals surface area contributed by atoms with Crippen molar-refractivity contribution in [3.8, 4) is 17.8 Å². The van der Waals surface area contributed by atoms with E-state index >= 15 is 0 Å². The first-order chi connectivity index (χ1) is 19.0. The Morgan fingerprint density at radius 3 is 2.50 bits per heavy atom. The van der Waals surface area contributed by atoms with Gasteiger partial charge in [0.15, 0.2) is 0 Å². The van der Waals surface area contributed by atoms with Crippen molar-refractivity contribution in [1.29, 1.82) is 10.5 Å². The zero-order valence-corrected chi connectivity index (χ0v) is 21.1. The molecule has 0 spiro atoms. The van der Waals surface area contributed by atoms with E-state index in [2.05, 4.69) is 31.1 Å². The maximum atomic E-state index is 13.6. The van der Waals surface area contributed by atoms with E-state index < -0.39 is 23.8 Å². The molecule has 0 aliphatic rings. The van der Waals surface area contributed by atoms with Gasteiger partial charge in [-0.25, -0.2) is 4.68 Å². The van der Waals surface area contributed by atoms with Gasteiger partial charge in [-0.2, -0.15) is 33.6 Å². The van der Waals surface area contributed by atoms with E-state index in [4.69, 9.17) is 16.9 Å². The summed E-state index contributed by atoms with van der Waals surface area (Å²) in [6.07, 6.45) is -4.80. The highest BCUT2D eigenvalue weighted by Gasteiger charge is 2.37. The SMILES string of the molecule is Cc1cc(C#N)cc(C(=O)NCC#N)c1NC(=O)c1cc(Cn2nnc(C(F)(F)F)n2)nn1-c1ccccc1Cl. The lowest BCUT2D eigenvalue weighted by Crippen LogP contribution is -2.26. The fourth-order valence-electron chi connectivity index (χ4n) is 3.63. The zero-order valence-electron chi connectivity index (χ0n) is 20.4. The summed E-state index contributed by atoms with van der Waals surface area (Å²) in [6, 6.07) is 14.1. The van der Waals surface area contributed by atoms with Gasteiger partial charge in [0.1, 0.15) is 18.8 Å². The monoisotopic (exact) mass is 568 g/mol. The van der Waals surface area contributed by atoms with Crippen molar-refractivity contribution >= 4 is 29.1 Å². The molecule has 0 aliphatic heterocycles. The fraction of sp³-hybridized carbons (Fsp3) is 0.167. The first-order valence-corrected chi connectivity index (χ1v) is 11.6. The van der Waals surface area contributed by atoms with Crippen molar-refractivity contribution in [2.45, 2.75) is 19.6 Å². The van der Waals surface area contributed by atoms with Gasteiger partial charge in [0.05, 0.1) is 45.4 Å². The molecule has 0 bridgehead atoms. The Morgan fingerprint density at radius 1 is 1.10 bits per heavy atom. The van der Waals surface area contributed by atoms with Crippen molar-refractivity contribution < 1.29 is 22.8 Å². The minimum absolute atomic E-state index is 0.0596. The van der Waals surface area contributed by atoms with Crippen LogP contribution in [0, 0.1) is 29.6 Å². The molecule has 12 nitrogen and oxygen atoms in total. The van der Waals surface area contributed by atoms with Crippen molar-refractivity contribution in [3.63, 3.8) is 0 Å². The number of halogens is 4. The van der Waals surface area contributed by atoms with Gasteiger partial charge >= 0.3 is 6.18 Å². The van der Waals surface area contributed by atoms with Crippen LogP contribution in [0.4, 0.5) is 18.9 Å². The molecule has 0 radical (unpaired) electrons. The lowest BCUT2D eigenvalue weighted by molar-refractivity contribution is -0.145. The minimum atomic E-state index is -4.80. The number of hydrogen-bond donors (Lipinski definition) is 2. The van der Waals surface area contributed by atoms with Gasteiger partial charge < -0.3 is 10.6 Å². The van der Waals surface area contributed by atoms with Crippen LogP contribution in [0.5, 0.6) is 0 Å². The minimum Gasteiger partial charge on any atom is -0.339 e. The summed E-state index contributed by atoms with van der Waals surface area (Å²) >= 11 is 6.33. The van der Waals surface area contributed by atoms with Crippen LogP contribution >= 0.6 is 11.6 Å². The predicted octanol–water partition coefficient (Wildman–Crippen LogP) is 3.27. The number of nitrogens with one attached hydrogen (secondary N) is 2. The summed E-state index contributed by atoms with van der Waals surface area (Å²) in [5.74, 6) is -2.90. The zero-order chi connectivity index (χ0) is 29.0. The van der Waals surface area contributed by atoms with E-state index in [0.717, 1.165) is 0 Å². The number of rotatable bonds is 7. The number of carbonyl (C=O) groups excluding carboxylic acids is 2. The average molecular weight is 569 g/mol. The highest BCUT2D eigenvalue weighted by Crippen LogP contribution is 2.27. The first kappa shape index (κ1) is 27.7. The third kappa shape index (κ3) is 5.90. The largest absolute Gasteiger partial charge is 0.455 e. The highest BCUT2D eigenvalue weighted by atomic mass is 35.5. The second kappa shape index (κ2) is 11.2. The standard InChI is InChI=1S/C24H16ClF3N10O2/c1-13-8-14(11-30)9-16(21(39)31-7-6-29)20(13)32-22(40)19-10-15(12-37-35-23(33-36-37)24(26,27)28)34-38(19)18-5-3-2-4-17(18)25/h2-5,8-10H,7,12H2,1H3,(H,31,39)(H,32,40). The molecular weight excluding hydrogens is 553 g/mol. The van der Waals surface area contributed by atoms with Gasteiger partial charge in [-0.15, -0.1) is 10.2 Å². The van der Waals surface area contributed by atoms with E-state index in [9.17, 15) is 28.0 Å². The smallest absolute Gasteiger partial charge is 0.339 e. The van der Waals surface area contributed by atoms with Crippen molar-refractivity contribution in [1.82, 2.24) is 35.3 Å². The predicted molar refractivity (Wildman–Crippen MR) is 132 cm³/mol. The second-order valence-corrected chi connectivity index (χ2v) is 8.55. The van der Waals surface area contributed by atoms with Gasteiger partial charge in [-0.3, -0.25) is 9.59 Å². The third-order valence-corrected chi connectivity index (χ3v) is 5.68. The molecule has 16 heteroatoms. The number of carbonyl (C=O) groups is 2. The Bertz CT molecular complexity index is 1700. The quantitative estimate of drug-likeness (QED) is 0.320. The third-order valence-electron chi connectivity index (χ3n) is 5.36.